The number of nitrogens with zero attached hydrogens (tertiary/aromatic N) is 2. The van der Waals surface area contributed by atoms with Gasteiger partial charge < -0.3 is 9.80 Å². The van der Waals surface area contributed by atoms with E-state index in [2.05, 4.69) is 65.6 Å². The number of carbonyl (C=O) groups is 1. The predicted octanol–water partition coefficient (Wildman–Crippen LogP) is 6.22. The van der Waals surface area contributed by atoms with Crippen LogP contribution in [0.3, 0.4) is 0 Å². The van der Waals surface area contributed by atoms with Crippen LogP contribution in [0.1, 0.15) is 99.3 Å². The van der Waals surface area contributed by atoms with Crippen molar-refractivity contribution in [1.82, 2.24) is 9.80 Å². The Bertz CT molecular complexity index is 805. The maximum atomic E-state index is 12.3. The number of hydrogen-bond donors (Lipinski definition) is 0. The van der Waals surface area contributed by atoms with E-state index in [0.29, 0.717) is 33.7 Å². The number of carbonyl (C=O) groups excluding carboxylic acids is 1. The summed E-state index contributed by atoms with van der Waals surface area (Å²) in [4.78, 5) is 16.8. The van der Waals surface area contributed by atoms with Crippen molar-refractivity contribution < 1.29 is 4.79 Å². The van der Waals surface area contributed by atoms with Crippen molar-refractivity contribution in [3.63, 3.8) is 0 Å². The normalized spacial score (nSPS) is 51.8. The second-order valence-corrected chi connectivity index (χ2v) is 14.4. The van der Waals surface area contributed by atoms with Gasteiger partial charge in [-0.1, -0.05) is 27.7 Å². The first kappa shape index (κ1) is 23.2. The Morgan fingerprint density at radius 1 is 0.812 bits per heavy atom. The molecule has 5 aliphatic rings. The molecule has 0 aromatic rings. The highest BCUT2D eigenvalue weighted by molar-refractivity contribution is 5.73. The Morgan fingerprint density at radius 2 is 1.44 bits per heavy atom. The van der Waals surface area contributed by atoms with Crippen molar-refractivity contribution in [1.29, 1.82) is 0 Å². The van der Waals surface area contributed by atoms with E-state index in [-0.39, 0.29) is 11.3 Å². The minimum absolute atomic E-state index is 0.229. The molecule has 0 bridgehead atoms. The number of rotatable bonds is 3. The molecular weight excluding hydrogens is 392 g/mol. The zero-order chi connectivity index (χ0) is 23.5. The molecule has 5 rings (SSSR count). The minimum atomic E-state index is 0.229. The Balaban J connectivity index is 1.47. The summed E-state index contributed by atoms with van der Waals surface area (Å²) in [6.45, 7) is 14.7. The first-order valence-electron chi connectivity index (χ1n) is 13.7. The van der Waals surface area contributed by atoms with Crippen molar-refractivity contribution in [2.75, 3.05) is 21.1 Å². The van der Waals surface area contributed by atoms with Crippen LogP contribution in [-0.4, -0.2) is 48.9 Å². The SMILES string of the molecule is CC(=O)N(C)[C@H]1CC[C@]23C[C@]24CC[C@]2(C)[C@@H]([C@H](C)N(C)C)CC[C@@]2(C)[C@H]4CC[C@H]3C1(C)C. The van der Waals surface area contributed by atoms with E-state index in [4.69, 9.17) is 0 Å². The Labute approximate surface area is 198 Å². The predicted molar refractivity (Wildman–Crippen MR) is 132 cm³/mol. The van der Waals surface area contributed by atoms with Crippen LogP contribution in [0, 0.1) is 44.8 Å². The zero-order valence-corrected chi connectivity index (χ0v) is 22.6. The Kier molecular flexibility index (Phi) is 4.90. The number of fused-ring (bicyclic) bond motifs is 2. The summed E-state index contributed by atoms with van der Waals surface area (Å²) < 4.78 is 0. The van der Waals surface area contributed by atoms with Gasteiger partial charge in [-0.25, -0.2) is 0 Å². The molecule has 3 heteroatoms. The topological polar surface area (TPSA) is 23.6 Å². The lowest BCUT2D eigenvalue weighted by Gasteiger charge is -2.64. The molecule has 0 N–H and O–H groups in total. The molecule has 32 heavy (non-hydrogen) atoms. The second-order valence-electron chi connectivity index (χ2n) is 14.4. The van der Waals surface area contributed by atoms with E-state index in [9.17, 15) is 4.79 Å². The summed E-state index contributed by atoms with van der Waals surface area (Å²) in [6.07, 6.45) is 12.7. The molecule has 0 aromatic heterocycles. The van der Waals surface area contributed by atoms with Crippen LogP contribution in [0.2, 0.25) is 0 Å². The van der Waals surface area contributed by atoms with Crippen molar-refractivity contribution in [3.05, 3.63) is 0 Å². The summed E-state index contributed by atoms with van der Waals surface area (Å²) in [5.41, 5.74) is 2.41. The molecule has 1 amide bonds. The maximum absolute atomic E-state index is 12.3. The fourth-order valence-corrected chi connectivity index (χ4v) is 11.4. The quantitative estimate of drug-likeness (QED) is 0.518. The van der Waals surface area contributed by atoms with Gasteiger partial charge in [0.2, 0.25) is 5.91 Å². The van der Waals surface area contributed by atoms with Gasteiger partial charge >= 0.3 is 0 Å². The molecule has 0 aliphatic heterocycles. The molecule has 2 spiro atoms. The third-order valence-corrected chi connectivity index (χ3v) is 13.5. The molecule has 0 unspecified atom stereocenters. The van der Waals surface area contributed by atoms with Crippen LogP contribution in [-0.2, 0) is 4.79 Å². The highest BCUT2D eigenvalue weighted by Crippen LogP contribution is 2.89. The fourth-order valence-electron chi connectivity index (χ4n) is 11.4. The van der Waals surface area contributed by atoms with Crippen LogP contribution in [0.15, 0.2) is 0 Å². The summed E-state index contributed by atoms with van der Waals surface area (Å²) in [7, 11) is 6.63. The van der Waals surface area contributed by atoms with Crippen LogP contribution in [0.4, 0.5) is 0 Å². The average molecular weight is 443 g/mol. The third kappa shape index (κ3) is 2.51. The van der Waals surface area contributed by atoms with Gasteiger partial charge in [-0.3, -0.25) is 4.79 Å². The third-order valence-electron chi connectivity index (χ3n) is 13.5. The molecule has 5 saturated carbocycles. The number of amides is 1. The lowest BCUT2D eigenvalue weighted by Crippen LogP contribution is -2.60. The monoisotopic (exact) mass is 442 g/mol. The van der Waals surface area contributed by atoms with E-state index in [1.807, 2.05) is 0 Å². The Hall–Kier alpha value is -0.570. The van der Waals surface area contributed by atoms with Crippen molar-refractivity contribution >= 4 is 5.91 Å². The second kappa shape index (κ2) is 6.76. The average Bonchev–Trinajstić information content (AvgIpc) is 3.29. The maximum Gasteiger partial charge on any atom is 0.219 e. The molecule has 3 nitrogen and oxygen atoms in total. The summed E-state index contributed by atoms with van der Waals surface area (Å²) >= 11 is 0. The summed E-state index contributed by atoms with van der Waals surface area (Å²) in [5.74, 6) is 2.79. The molecule has 9 atom stereocenters. The Morgan fingerprint density at radius 3 is 2.06 bits per heavy atom. The van der Waals surface area contributed by atoms with E-state index in [0.717, 1.165) is 17.8 Å². The highest BCUT2D eigenvalue weighted by Gasteiger charge is 2.82. The zero-order valence-electron chi connectivity index (χ0n) is 22.6. The first-order valence-corrected chi connectivity index (χ1v) is 13.7. The van der Waals surface area contributed by atoms with Crippen LogP contribution in [0.25, 0.3) is 0 Å². The number of hydrogen-bond acceptors (Lipinski definition) is 2. The lowest BCUT2D eigenvalue weighted by atomic mass is 9.41. The molecule has 182 valence electrons. The van der Waals surface area contributed by atoms with Gasteiger partial charge in [-0.05, 0) is 124 Å². The van der Waals surface area contributed by atoms with Crippen LogP contribution < -0.4 is 0 Å². The molecule has 0 heterocycles. The largest absolute Gasteiger partial charge is 0.342 e. The summed E-state index contributed by atoms with van der Waals surface area (Å²) in [5, 5.41) is 0. The van der Waals surface area contributed by atoms with Gasteiger partial charge in [0, 0.05) is 26.1 Å². The van der Waals surface area contributed by atoms with Gasteiger partial charge in [0.25, 0.3) is 0 Å². The van der Waals surface area contributed by atoms with Gasteiger partial charge in [0.05, 0.1) is 0 Å². The smallest absolute Gasteiger partial charge is 0.219 e. The molecule has 0 aromatic carbocycles. The van der Waals surface area contributed by atoms with Crippen molar-refractivity contribution in [2.24, 2.45) is 44.8 Å². The standard InChI is InChI=1S/C29H50N2O/c1-19(30(7)8)21-12-14-27(6)23-11-10-22-25(3,4)24(31(9)20(2)32)13-15-28(22)18-29(23,28)17-16-26(21,27)5/h19,21-24H,10-18H2,1-9H3/t19-,21+,22-,23+,24-,26+,27-,28+,29-/m0/s1. The molecule has 0 saturated heterocycles. The minimum Gasteiger partial charge on any atom is -0.342 e. The van der Waals surface area contributed by atoms with Gasteiger partial charge in [-0.15, -0.1) is 0 Å². The van der Waals surface area contributed by atoms with Gasteiger partial charge in [0.15, 0.2) is 0 Å². The highest BCUT2D eigenvalue weighted by atomic mass is 16.2. The van der Waals surface area contributed by atoms with Crippen LogP contribution >= 0.6 is 0 Å². The molecule has 5 fully saturated rings. The van der Waals surface area contributed by atoms with E-state index in [1.54, 1.807) is 6.92 Å². The van der Waals surface area contributed by atoms with E-state index in [1.165, 1.54) is 57.8 Å². The van der Waals surface area contributed by atoms with Gasteiger partial charge in [-0.2, -0.15) is 0 Å². The van der Waals surface area contributed by atoms with Gasteiger partial charge in [0.1, 0.15) is 0 Å². The molecule has 0 radical (unpaired) electrons. The molecular formula is C29H50N2O. The summed E-state index contributed by atoms with van der Waals surface area (Å²) in [6, 6.07) is 1.09. The van der Waals surface area contributed by atoms with Crippen molar-refractivity contribution in [3.8, 4) is 0 Å². The van der Waals surface area contributed by atoms with Crippen molar-refractivity contribution in [2.45, 2.75) is 111 Å². The fraction of sp³-hybridized carbons (Fsp3) is 0.966. The lowest BCUT2D eigenvalue weighted by molar-refractivity contribution is -0.158. The van der Waals surface area contributed by atoms with E-state index < -0.39 is 0 Å². The molecule has 5 aliphatic carbocycles. The van der Waals surface area contributed by atoms with E-state index >= 15 is 0 Å². The first-order chi connectivity index (χ1) is 14.8. The van der Waals surface area contributed by atoms with Crippen LogP contribution in [0.5, 0.6) is 0 Å².